The average Bonchev–Trinajstić information content (AvgIpc) is 2.61. The summed E-state index contributed by atoms with van der Waals surface area (Å²) in [5.74, 6) is -0.513. The van der Waals surface area contributed by atoms with Gasteiger partial charge in [-0.05, 0) is 17.3 Å². The summed E-state index contributed by atoms with van der Waals surface area (Å²) in [6, 6.07) is 8.77. The van der Waals surface area contributed by atoms with Gasteiger partial charge in [0.15, 0.2) is 6.29 Å². The lowest BCUT2D eigenvalue weighted by Crippen LogP contribution is -2.18. The minimum atomic E-state index is -0.513. The van der Waals surface area contributed by atoms with Crippen molar-refractivity contribution in [1.82, 2.24) is 5.32 Å². The molecule has 0 radical (unpaired) electrons. The van der Waals surface area contributed by atoms with Crippen molar-refractivity contribution in [3.63, 3.8) is 0 Å². The zero-order chi connectivity index (χ0) is 11.5. The summed E-state index contributed by atoms with van der Waals surface area (Å²) in [6.45, 7) is 0. The van der Waals surface area contributed by atoms with Crippen LogP contribution in [-0.4, -0.2) is 17.4 Å². The molecule has 1 N–H and O–H groups in total. The summed E-state index contributed by atoms with van der Waals surface area (Å²) in [7, 11) is 0. The van der Waals surface area contributed by atoms with Crippen molar-refractivity contribution in [2.75, 3.05) is 0 Å². The highest BCUT2D eigenvalue weighted by Gasteiger charge is 2.28. The van der Waals surface area contributed by atoms with Crippen LogP contribution in [0.1, 0.15) is 5.56 Å². The van der Waals surface area contributed by atoms with Gasteiger partial charge in [0.1, 0.15) is 0 Å². The van der Waals surface area contributed by atoms with E-state index >= 15 is 0 Å². The molecule has 0 bridgehead atoms. The van der Waals surface area contributed by atoms with Gasteiger partial charge in [-0.15, -0.1) is 0 Å². The van der Waals surface area contributed by atoms with Crippen LogP contribution in [0.5, 0.6) is 0 Å². The van der Waals surface area contributed by atoms with Gasteiger partial charge in [0.05, 0.1) is 4.91 Å². The number of imide groups is 1. The fourth-order valence-corrected chi connectivity index (χ4v) is 2.11. The third kappa shape index (κ3) is 1.90. The van der Waals surface area contributed by atoms with Crippen LogP contribution < -0.4 is 5.32 Å². The molecule has 1 heterocycles. The quantitative estimate of drug-likeness (QED) is 0.622. The summed E-state index contributed by atoms with van der Waals surface area (Å²) >= 11 is 0.750. The molecular formula is C11H7NO3S. The van der Waals surface area contributed by atoms with Crippen molar-refractivity contribution in [3.8, 4) is 0 Å². The molecule has 2 rings (SSSR count). The molecule has 0 atom stereocenters. The maximum absolute atomic E-state index is 11.4. The molecule has 1 aliphatic rings. The Labute approximate surface area is 95.7 Å². The third-order valence-electron chi connectivity index (χ3n) is 2.06. The van der Waals surface area contributed by atoms with Crippen LogP contribution in [0.15, 0.2) is 35.2 Å². The summed E-state index contributed by atoms with van der Waals surface area (Å²) < 4.78 is 0. The zero-order valence-electron chi connectivity index (χ0n) is 8.10. The largest absolute Gasteiger partial charge is 0.298 e. The molecule has 0 saturated carbocycles. The zero-order valence-corrected chi connectivity index (χ0v) is 8.91. The smallest absolute Gasteiger partial charge is 0.290 e. The van der Waals surface area contributed by atoms with Crippen LogP contribution in [0, 0.1) is 0 Å². The fourth-order valence-electron chi connectivity index (χ4n) is 1.36. The number of aldehydes is 1. The minimum absolute atomic E-state index is 0.159. The number of carbonyl (C=O) groups excluding carboxylic acids is 3. The Morgan fingerprint density at radius 2 is 1.88 bits per heavy atom. The molecule has 4 nitrogen and oxygen atoms in total. The number of nitrogens with one attached hydrogen (secondary N) is 1. The first-order valence-corrected chi connectivity index (χ1v) is 5.32. The van der Waals surface area contributed by atoms with Gasteiger partial charge in [-0.25, -0.2) is 0 Å². The third-order valence-corrected chi connectivity index (χ3v) is 2.96. The highest BCUT2D eigenvalue weighted by atomic mass is 32.2. The van der Waals surface area contributed by atoms with Crippen molar-refractivity contribution < 1.29 is 14.4 Å². The number of hydrogen-bond donors (Lipinski definition) is 1. The van der Waals surface area contributed by atoms with Crippen LogP contribution in [-0.2, 0) is 9.59 Å². The molecule has 1 aliphatic heterocycles. The molecule has 2 amide bonds. The van der Waals surface area contributed by atoms with E-state index in [1.807, 2.05) is 6.07 Å². The summed E-state index contributed by atoms with van der Waals surface area (Å²) in [4.78, 5) is 33.5. The van der Waals surface area contributed by atoms with Crippen molar-refractivity contribution in [2.24, 2.45) is 0 Å². The van der Waals surface area contributed by atoms with E-state index in [-0.39, 0.29) is 10.5 Å². The molecule has 1 fully saturated rings. The Balaban J connectivity index is 2.51. The first-order chi connectivity index (χ1) is 7.72. The van der Waals surface area contributed by atoms with Gasteiger partial charge >= 0.3 is 0 Å². The molecule has 0 spiro atoms. The van der Waals surface area contributed by atoms with Crippen molar-refractivity contribution >= 4 is 34.8 Å². The van der Waals surface area contributed by atoms with Crippen LogP contribution in [0.25, 0.3) is 5.57 Å². The number of benzene rings is 1. The van der Waals surface area contributed by atoms with E-state index in [0.29, 0.717) is 11.8 Å². The lowest BCUT2D eigenvalue weighted by atomic mass is 10.1. The molecule has 0 aromatic heterocycles. The molecule has 16 heavy (non-hydrogen) atoms. The van der Waals surface area contributed by atoms with Crippen LogP contribution in [0.4, 0.5) is 4.79 Å². The first kappa shape index (κ1) is 10.6. The average molecular weight is 233 g/mol. The van der Waals surface area contributed by atoms with E-state index in [0.717, 1.165) is 11.8 Å². The van der Waals surface area contributed by atoms with E-state index in [4.69, 9.17) is 0 Å². The normalized spacial score (nSPS) is 18.2. The number of rotatable bonds is 2. The Bertz CT molecular complexity index is 493. The van der Waals surface area contributed by atoms with Gasteiger partial charge in [0.25, 0.3) is 11.1 Å². The number of amides is 2. The standard InChI is InChI=1S/C11H7NO3S/c13-6-8(7-4-2-1-3-5-7)9-10(14)12-11(15)16-9/h1-6H,(H,12,14,15)/b9-8-. The molecule has 1 aromatic rings. The second-order valence-electron chi connectivity index (χ2n) is 3.07. The van der Waals surface area contributed by atoms with E-state index in [9.17, 15) is 14.4 Å². The molecule has 1 saturated heterocycles. The van der Waals surface area contributed by atoms with Gasteiger partial charge in [-0.2, -0.15) is 0 Å². The van der Waals surface area contributed by atoms with Crippen LogP contribution >= 0.6 is 11.8 Å². The van der Waals surface area contributed by atoms with Crippen LogP contribution in [0.3, 0.4) is 0 Å². The van der Waals surface area contributed by atoms with Gasteiger partial charge < -0.3 is 0 Å². The highest BCUT2D eigenvalue weighted by Crippen LogP contribution is 2.30. The van der Waals surface area contributed by atoms with E-state index in [2.05, 4.69) is 5.32 Å². The molecule has 80 valence electrons. The Kier molecular flexibility index (Phi) is 2.87. The number of thioether (sulfide) groups is 1. The summed E-state index contributed by atoms with van der Waals surface area (Å²) in [5.41, 5.74) is 0.874. The molecule has 0 aliphatic carbocycles. The van der Waals surface area contributed by atoms with Crippen molar-refractivity contribution in [3.05, 3.63) is 40.8 Å². The van der Waals surface area contributed by atoms with E-state index in [1.165, 1.54) is 0 Å². The maximum atomic E-state index is 11.4. The first-order valence-electron chi connectivity index (χ1n) is 4.50. The molecular weight excluding hydrogens is 226 g/mol. The minimum Gasteiger partial charge on any atom is -0.298 e. The van der Waals surface area contributed by atoms with Crippen molar-refractivity contribution in [1.29, 1.82) is 0 Å². The van der Waals surface area contributed by atoms with Gasteiger partial charge in [0.2, 0.25) is 0 Å². The van der Waals surface area contributed by atoms with Crippen molar-refractivity contribution in [2.45, 2.75) is 0 Å². The Morgan fingerprint density at radius 3 is 2.38 bits per heavy atom. The predicted molar refractivity (Wildman–Crippen MR) is 60.6 cm³/mol. The number of carbonyl (C=O) groups is 3. The summed E-state index contributed by atoms with van der Waals surface area (Å²) in [6.07, 6.45) is 0.593. The second kappa shape index (κ2) is 4.32. The summed E-state index contributed by atoms with van der Waals surface area (Å²) in [5, 5.41) is 1.67. The second-order valence-corrected chi connectivity index (χ2v) is 4.05. The van der Waals surface area contributed by atoms with Crippen LogP contribution in [0.2, 0.25) is 0 Å². The van der Waals surface area contributed by atoms with Gasteiger partial charge in [0, 0.05) is 5.57 Å². The Morgan fingerprint density at radius 1 is 1.19 bits per heavy atom. The maximum Gasteiger partial charge on any atom is 0.290 e. The predicted octanol–water partition coefficient (Wildman–Crippen LogP) is 1.58. The van der Waals surface area contributed by atoms with Gasteiger partial charge in [-0.3, -0.25) is 19.7 Å². The van der Waals surface area contributed by atoms with Gasteiger partial charge in [-0.1, -0.05) is 30.3 Å². The lowest BCUT2D eigenvalue weighted by Gasteiger charge is -2.01. The number of allylic oxidation sites excluding steroid dienone is 1. The Hall–Kier alpha value is -1.88. The number of hydrogen-bond acceptors (Lipinski definition) is 4. The highest BCUT2D eigenvalue weighted by molar-refractivity contribution is 8.18. The molecule has 1 aromatic carbocycles. The fraction of sp³-hybridized carbons (Fsp3) is 0. The van der Waals surface area contributed by atoms with E-state index in [1.54, 1.807) is 24.3 Å². The lowest BCUT2D eigenvalue weighted by molar-refractivity contribution is -0.115. The molecule has 0 unspecified atom stereocenters. The monoisotopic (exact) mass is 233 g/mol. The van der Waals surface area contributed by atoms with E-state index < -0.39 is 11.1 Å². The molecule has 5 heteroatoms. The SMILES string of the molecule is O=C/C(=C1/SC(=O)NC1=O)c1ccccc1. The topological polar surface area (TPSA) is 63.2 Å².